The number of likely N-dealkylation sites (tertiary alicyclic amines) is 1. The SMILES string of the molecule is CC(C)(C)OC(=O)N1C[C@@H](Cc2cccc(F)c2)C[C@@H]1C(=O)OCc1ccccc1. The molecule has 0 unspecified atom stereocenters. The molecule has 1 heterocycles. The summed E-state index contributed by atoms with van der Waals surface area (Å²) in [6.45, 7) is 5.86. The van der Waals surface area contributed by atoms with Crippen LogP contribution in [0.25, 0.3) is 0 Å². The maximum atomic E-state index is 13.5. The zero-order valence-corrected chi connectivity index (χ0v) is 17.6. The number of nitrogens with zero attached hydrogens (tertiary/aromatic N) is 1. The summed E-state index contributed by atoms with van der Waals surface area (Å²) in [5, 5.41) is 0. The van der Waals surface area contributed by atoms with E-state index in [1.165, 1.54) is 17.0 Å². The van der Waals surface area contributed by atoms with Crippen LogP contribution in [0.5, 0.6) is 0 Å². The molecule has 1 amide bonds. The molecule has 1 aliphatic rings. The van der Waals surface area contributed by atoms with Gasteiger partial charge >= 0.3 is 12.1 Å². The molecule has 0 spiro atoms. The Morgan fingerprint density at radius 1 is 1.07 bits per heavy atom. The van der Waals surface area contributed by atoms with Gasteiger partial charge in [-0.15, -0.1) is 0 Å². The number of benzene rings is 2. The molecule has 0 aromatic heterocycles. The van der Waals surface area contributed by atoms with Crippen molar-refractivity contribution in [1.29, 1.82) is 0 Å². The third-order valence-electron chi connectivity index (χ3n) is 4.93. The Morgan fingerprint density at radius 3 is 2.43 bits per heavy atom. The average molecular weight is 413 g/mol. The molecule has 0 aliphatic carbocycles. The molecule has 30 heavy (non-hydrogen) atoms. The highest BCUT2D eigenvalue weighted by molar-refractivity contribution is 5.82. The van der Waals surface area contributed by atoms with Crippen molar-refractivity contribution in [3.63, 3.8) is 0 Å². The van der Waals surface area contributed by atoms with Gasteiger partial charge in [0.2, 0.25) is 0 Å². The van der Waals surface area contributed by atoms with E-state index in [0.717, 1.165) is 11.1 Å². The van der Waals surface area contributed by atoms with Crippen LogP contribution in [0, 0.1) is 11.7 Å². The van der Waals surface area contributed by atoms with Crippen molar-refractivity contribution in [2.45, 2.75) is 51.9 Å². The number of rotatable bonds is 5. The van der Waals surface area contributed by atoms with E-state index in [2.05, 4.69) is 0 Å². The Balaban J connectivity index is 1.71. The molecule has 2 aromatic carbocycles. The first kappa shape index (κ1) is 21.8. The van der Waals surface area contributed by atoms with Crippen molar-refractivity contribution >= 4 is 12.1 Å². The molecule has 1 fully saturated rings. The molecule has 0 saturated carbocycles. The van der Waals surface area contributed by atoms with Gasteiger partial charge < -0.3 is 9.47 Å². The minimum atomic E-state index is -0.720. The Morgan fingerprint density at radius 2 is 1.77 bits per heavy atom. The summed E-state index contributed by atoms with van der Waals surface area (Å²) in [5.41, 5.74) is 1.04. The van der Waals surface area contributed by atoms with Crippen LogP contribution in [0.3, 0.4) is 0 Å². The minimum absolute atomic E-state index is 0.00796. The van der Waals surface area contributed by atoms with E-state index in [1.807, 2.05) is 36.4 Å². The average Bonchev–Trinajstić information content (AvgIpc) is 3.10. The topological polar surface area (TPSA) is 55.8 Å². The molecule has 0 bridgehead atoms. The number of hydrogen-bond acceptors (Lipinski definition) is 4. The van der Waals surface area contributed by atoms with Gasteiger partial charge in [0, 0.05) is 6.54 Å². The molecule has 1 saturated heterocycles. The number of carbonyl (C=O) groups excluding carboxylic acids is 2. The third kappa shape index (κ3) is 6.05. The van der Waals surface area contributed by atoms with Gasteiger partial charge in [0.25, 0.3) is 0 Å². The number of esters is 1. The van der Waals surface area contributed by atoms with Gasteiger partial charge in [-0.1, -0.05) is 42.5 Å². The quantitative estimate of drug-likeness (QED) is 0.665. The summed E-state index contributed by atoms with van der Waals surface area (Å²) in [7, 11) is 0. The van der Waals surface area contributed by atoms with Gasteiger partial charge in [0.05, 0.1) is 0 Å². The molecule has 2 atom stereocenters. The first-order valence-electron chi connectivity index (χ1n) is 10.2. The first-order valence-corrected chi connectivity index (χ1v) is 10.2. The lowest BCUT2D eigenvalue weighted by Gasteiger charge is -2.27. The lowest BCUT2D eigenvalue weighted by atomic mass is 9.97. The van der Waals surface area contributed by atoms with Gasteiger partial charge in [0.1, 0.15) is 24.1 Å². The largest absolute Gasteiger partial charge is 0.459 e. The van der Waals surface area contributed by atoms with Crippen molar-refractivity contribution in [1.82, 2.24) is 4.90 Å². The molecule has 0 radical (unpaired) electrons. The van der Waals surface area contributed by atoms with Gasteiger partial charge in [-0.25, -0.2) is 14.0 Å². The predicted octanol–water partition coefficient (Wildman–Crippen LogP) is 4.74. The number of halogens is 1. The highest BCUT2D eigenvalue weighted by Gasteiger charge is 2.42. The maximum Gasteiger partial charge on any atom is 0.411 e. The lowest BCUT2D eigenvalue weighted by Crippen LogP contribution is -2.44. The summed E-state index contributed by atoms with van der Waals surface area (Å²) < 4.78 is 24.5. The van der Waals surface area contributed by atoms with Crippen LogP contribution in [-0.4, -0.2) is 35.2 Å². The molecule has 0 N–H and O–H groups in total. The Bertz CT molecular complexity index is 878. The number of ether oxygens (including phenoxy) is 2. The van der Waals surface area contributed by atoms with E-state index >= 15 is 0 Å². The maximum absolute atomic E-state index is 13.5. The van der Waals surface area contributed by atoms with E-state index in [9.17, 15) is 14.0 Å². The second-order valence-corrected chi connectivity index (χ2v) is 8.68. The minimum Gasteiger partial charge on any atom is -0.459 e. The summed E-state index contributed by atoms with van der Waals surface area (Å²) in [6, 6.07) is 15.1. The van der Waals surface area contributed by atoms with Crippen molar-refractivity contribution in [3.05, 3.63) is 71.5 Å². The molecule has 6 heteroatoms. The standard InChI is InChI=1S/C24H28FNO4/c1-24(2,3)30-23(28)26-15-19(12-18-10-7-11-20(25)13-18)14-21(26)22(27)29-16-17-8-5-4-6-9-17/h4-11,13,19,21H,12,14-16H2,1-3H3/t19-,21+/m0/s1. The van der Waals surface area contributed by atoms with Crippen molar-refractivity contribution in [2.24, 2.45) is 5.92 Å². The van der Waals surface area contributed by atoms with Crippen molar-refractivity contribution < 1.29 is 23.5 Å². The summed E-state index contributed by atoms with van der Waals surface area (Å²) in [5.74, 6) is -0.742. The Labute approximate surface area is 176 Å². The zero-order chi connectivity index (χ0) is 21.7. The molecule has 3 rings (SSSR count). The second kappa shape index (κ2) is 9.28. The summed E-state index contributed by atoms with van der Waals surface area (Å²) >= 11 is 0. The van der Waals surface area contributed by atoms with Gasteiger partial charge in [-0.05, 0) is 62.8 Å². The molecular formula is C24H28FNO4. The smallest absolute Gasteiger partial charge is 0.411 e. The number of amides is 1. The van der Waals surface area contributed by atoms with E-state index in [1.54, 1.807) is 26.8 Å². The summed E-state index contributed by atoms with van der Waals surface area (Å²) in [4.78, 5) is 27.0. The van der Waals surface area contributed by atoms with E-state index in [0.29, 0.717) is 19.4 Å². The van der Waals surface area contributed by atoms with Crippen LogP contribution in [0.1, 0.15) is 38.3 Å². The van der Waals surface area contributed by atoms with Crippen molar-refractivity contribution in [2.75, 3.05) is 6.54 Å². The van der Waals surface area contributed by atoms with Gasteiger partial charge in [0.15, 0.2) is 0 Å². The molecular weight excluding hydrogens is 385 g/mol. The van der Waals surface area contributed by atoms with E-state index in [-0.39, 0.29) is 18.3 Å². The Kier molecular flexibility index (Phi) is 6.75. The van der Waals surface area contributed by atoms with Crippen LogP contribution in [0.4, 0.5) is 9.18 Å². The highest BCUT2D eigenvalue weighted by Crippen LogP contribution is 2.29. The number of carbonyl (C=O) groups is 2. The fourth-order valence-electron chi connectivity index (χ4n) is 3.64. The lowest BCUT2D eigenvalue weighted by molar-refractivity contribution is -0.150. The number of hydrogen-bond donors (Lipinski definition) is 0. The van der Waals surface area contributed by atoms with Gasteiger partial charge in [-0.2, -0.15) is 0 Å². The van der Waals surface area contributed by atoms with Crippen LogP contribution in [0.2, 0.25) is 0 Å². The Hall–Kier alpha value is -2.89. The van der Waals surface area contributed by atoms with Crippen LogP contribution in [-0.2, 0) is 27.3 Å². The third-order valence-corrected chi connectivity index (χ3v) is 4.93. The van der Waals surface area contributed by atoms with Gasteiger partial charge in [-0.3, -0.25) is 4.90 Å². The molecule has 160 valence electrons. The van der Waals surface area contributed by atoms with Crippen LogP contribution in [0.15, 0.2) is 54.6 Å². The molecule has 1 aliphatic heterocycles. The second-order valence-electron chi connectivity index (χ2n) is 8.68. The highest BCUT2D eigenvalue weighted by atomic mass is 19.1. The fraction of sp³-hybridized carbons (Fsp3) is 0.417. The van der Waals surface area contributed by atoms with Crippen LogP contribution < -0.4 is 0 Å². The van der Waals surface area contributed by atoms with E-state index < -0.39 is 23.7 Å². The predicted molar refractivity (Wildman–Crippen MR) is 111 cm³/mol. The monoisotopic (exact) mass is 413 g/mol. The molecule has 5 nitrogen and oxygen atoms in total. The van der Waals surface area contributed by atoms with E-state index in [4.69, 9.17) is 9.47 Å². The fourth-order valence-corrected chi connectivity index (χ4v) is 3.64. The first-order chi connectivity index (χ1) is 14.2. The zero-order valence-electron chi connectivity index (χ0n) is 17.6. The summed E-state index contributed by atoms with van der Waals surface area (Å²) in [6.07, 6.45) is 0.481. The normalized spacial score (nSPS) is 18.9. The van der Waals surface area contributed by atoms with Crippen molar-refractivity contribution in [3.8, 4) is 0 Å². The molecule has 2 aromatic rings. The van der Waals surface area contributed by atoms with Crippen LogP contribution >= 0.6 is 0 Å².